The molecule has 1 unspecified atom stereocenters. The van der Waals surface area contributed by atoms with Gasteiger partial charge in [-0.3, -0.25) is 14.7 Å². The zero-order chi connectivity index (χ0) is 50.3. The summed E-state index contributed by atoms with van der Waals surface area (Å²) in [5, 5.41) is 0. The normalized spacial score (nSPS) is 16.8. The second kappa shape index (κ2) is 56.6. The molecule has 0 aromatic heterocycles. The molecule has 3 heterocycles. The zero-order valence-corrected chi connectivity index (χ0v) is 49.8. The van der Waals surface area contributed by atoms with Gasteiger partial charge in [-0.05, 0) is 64.8 Å². The van der Waals surface area contributed by atoms with Gasteiger partial charge in [0.2, 0.25) is 0 Å². The van der Waals surface area contributed by atoms with Crippen LogP contribution in [0.5, 0.6) is 0 Å². The van der Waals surface area contributed by atoms with Gasteiger partial charge in [0.1, 0.15) is 0 Å². The Morgan fingerprint density at radius 2 is 0.443 bits per heavy atom. The van der Waals surface area contributed by atoms with Crippen LogP contribution in [0.2, 0.25) is 0 Å². The summed E-state index contributed by atoms with van der Waals surface area (Å²) >= 11 is 0. The minimum absolute atomic E-state index is 0.713. The van der Waals surface area contributed by atoms with Crippen LogP contribution < -0.4 is 0 Å². The highest BCUT2D eigenvalue weighted by Gasteiger charge is 2.35. The first-order valence-corrected chi connectivity index (χ1v) is 33.6. The zero-order valence-electron chi connectivity index (χ0n) is 49.8. The summed E-state index contributed by atoms with van der Waals surface area (Å²) in [6.07, 6.45) is 73.2. The average Bonchev–Trinajstić information content (AvgIpc) is 3.38. The molecule has 420 valence electrons. The summed E-state index contributed by atoms with van der Waals surface area (Å²) in [7, 11) is 0. The van der Waals surface area contributed by atoms with Crippen molar-refractivity contribution in [2.45, 2.75) is 362 Å². The highest BCUT2D eigenvalue weighted by Crippen LogP contribution is 2.22. The molecule has 0 N–H and O–H groups in total. The monoisotopic (exact) mass is 985 g/mol. The number of fused-ring (bicyclic) bond motifs is 3. The first-order chi connectivity index (χ1) is 34.7. The van der Waals surface area contributed by atoms with Crippen LogP contribution in [0.4, 0.5) is 0 Å². The Balaban J connectivity index is 0.000000703. The second-order valence-electron chi connectivity index (χ2n) is 23.6. The third-order valence-electron chi connectivity index (χ3n) is 16.8. The summed E-state index contributed by atoms with van der Waals surface area (Å²) < 4.78 is 0. The van der Waals surface area contributed by atoms with Gasteiger partial charge in [0, 0.05) is 32.7 Å². The van der Waals surface area contributed by atoms with E-state index >= 15 is 0 Å². The molecular weight excluding hydrogens is 849 g/mol. The van der Waals surface area contributed by atoms with Crippen molar-refractivity contribution in [1.82, 2.24) is 19.6 Å². The van der Waals surface area contributed by atoms with E-state index in [1.54, 1.807) is 0 Å². The molecular formula is C66H136N4. The molecule has 0 spiro atoms. The number of rotatable bonds is 56. The molecule has 3 fully saturated rings. The predicted octanol–water partition coefficient (Wildman–Crippen LogP) is 21.1. The molecule has 2 bridgehead atoms. The number of nitrogens with zero attached hydrogens (tertiary/aromatic N) is 4. The predicted molar refractivity (Wildman–Crippen MR) is 319 cm³/mol. The molecule has 4 heteroatoms. The van der Waals surface area contributed by atoms with Gasteiger partial charge < -0.3 is 4.90 Å². The molecule has 0 aromatic rings. The van der Waals surface area contributed by atoms with Gasteiger partial charge in [0.15, 0.2) is 0 Å². The number of unbranched alkanes of at least 4 members (excludes halogenated alkanes) is 45. The summed E-state index contributed by atoms with van der Waals surface area (Å²) in [5.74, 6) is 0. The van der Waals surface area contributed by atoms with Crippen molar-refractivity contribution < 1.29 is 0 Å². The van der Waals surface area contributed by atoms with E-state index in [0.717, 1.165) is 0 Å². The third kappa shape index (κ3) is 45.3. The van der Waals surface area contributed by atoms with E-state index in [2.05, 4.69) is 54.2 Å². The van der Waals surface area contributed by atoms with E-state index in [9.17, 15) is 0 Å². The van der Waals surface area contributed by atoms with E-state index < -0.39 is 0 Å². The lowest BCUT2D eigenvalue weighted by Crippen LogP contribution is -2.66. The maximum Gasteiger partial charge on any atom is 0.0754 e. The van der Waals surface area contributed by atoms with Crippen molar-refractivity contribution in [2.24, 2.45) is 0 Å². The summed E-state index contributed by atoms with van der Waals surface area (Å²) in [5.41, 5.74) is 0. The molecule has 3 aliphatic rings. The Bertz CT molecular complexity index is 867. The fraction of sp³-hybridized carbons (Fsp3) is 1.00. The van der Waals surface area contributed by atoms with Crippen LogP contribution in [0.1, 0.15) is 356 Å². The fourth-order valence-corrected chi connectivity index (χ4v) is 11.8. The highest BCUT2D eigenvalue weighted by molar-refractivity contribution is 4.88. The van der Waals surface area contributed by atoms with Crippen molar-refractivity contribution in [2.75, 3.05) is 65.4 Å². The molecule has 0 radical (unpaired) electrons. The largest absolute Gasteiger partial charge is 0.303 e. The van der Waals surface area contributed by atoms with Crippen LogP contribution in [0.15, 0.2) is 0 Å². The maximum atomic E-state index is 2.89. The minimum Gasteiger partial charge on any atom is -0.303 e. The number of hydrogen-bond donors (Lipinski definition) is 0. The van der Waals surface area contributed by atoms with Gasteiger partial charge in [0.25, 0.3) is 0 Å². The Labute approximate surface area is 444 Å². The molecule has 0 aromatic carbocycles. The fourth-order valence-electron chi connectivity index (χ4n) is 11.8. The van der Waals surface area contributed by atoms with Crippen molar-refractivity contribution in [3.63, 3.8) is 0 Å². The first-order valence-electron chi connectivity index (χ1n) is 33.6. The van der Waals surface area contributed by atoms with Crippen LogP contribution in [0.3, 0.4) is 0 Å². The molecule has 3 aliphatic heterocycles. The first kappa shape index (κ1) is 67.9. The number of hydrogen-bond acceptors (Lipinski definition) is 4. The van der Waals surface area contributed by atoms with E-state index in [0.29, 0.717) is 6.17 Å². The second-order valence-corrected chi connectivity index (χ2v) is 23.6. The van der Waals surface area contributed by atoms with Crippen molar-refractivity contribution >= 4 is 0 Å². The smallest absolute Gasteiger partial charge is 0.0754 e. The molecule has 0 amide bonds. The minimum atomic E-state index is 0.713. The summed E-state index contributed by atoms with van der Waals surface area (Å²) in [4.78, 5) is 11.3. The Morgan fingerprint density at radius 3 is 0.643 bits per heavy atom. The Morgan fingerprint density at radius 1 is 0.243 bits per heavy atom. The van der Waals surface area contributed by atoms with Crippen molar-refractivity contribution in [3.05, 3.63) is 0 Å². The summed E-state index contributed by atoms with van der Waals surface area (Å²) in [6, 6.07) is 0. The van der Waals surface area contributed by atoms with Crippen LogP contribution >= 0.6 is 0 Å². The maximum absolute atomic E-state index is 2.89. The van der Waals surface area contributed by atoms with Crippen LogP contribution in [-0.4, -0.2) is 91.2 Å². The van der Waals surface area contributed by atoms with Gasteiger partial charge in [0.05, 0.1) is 6.17 Å². The lowest BCUT2D eigenvalue weighted by Gasteiger charge is -2.51. The SMILES string of the molecule is CCCCCCCCCCCCN(CCCCCCCCCCCC)C1CN2CCN1CC2.CCCCCCCCCCCCN(CCCCCCCCCCCC)CCCCCCCCCCCC. The van der Waals surface area contributed by atoms with E-state index in [1.165, 1.54) is 386 Å². The molecule has 0 aliphatic carbocycles. The Hall–Kier alpha value is -0.160. The standard InChI is InChI=1S/C36H75N.C30H61N3/c1-4-7-10-13-16-19-22-25-28-31-34-37(35-32-29-26-23-20-17-14-11-8-5-2)36-33-30-27-24-21-18-15-12-9-6-3;1-3-5-7-9-11-13-15-17-19-21-23-32(30-29-31-25-27-33(30)28-26-31)24-22-20-18-16-14-12-10-8-6-4-2/h4-36H2,1-3H3;30H,3-29H2,1-2H3. The van der Waals surface area contributed by atoms with Gasteiger partial charge >= 0.3 is 0 Å². The van der Waals surface area contributed by atoms with E-state index in [-0.39, 0.29) is 0 Å². The van der Waals surface area contributed by atoms with Crippen molar-refractivity contribution in [1.29, 1.82) is 0 Å². The molecule has 4 nitrogen and oxygen atoms in total. The Kier molecular flexibility index (Phi) is 54.8. The molecule has 0 saturated carbocycles. The third-order valence-corrected chi connectivity index (χ3v) is 16.8. The summed E-state index contributed by atoms with van der Waals surface area (Å²) in [6.45, 7) is 24.9. The lowest BCUT2D eigenvalue weighted by atomic mass is 10.1. The van der Waals surface area contributed by atoms with Gasteiger partial charge in [-0.1, -0.05) is 324 Å². The molecule has 3 saturated heterocycles. The van der Waals surface area contributed by atoms with Gasteiger partial charge in [-0.2, -0.15) is 0 Å². The van der Waals surface area contributed by atoms with Crippen LogP contribution in [0, 0.1) is 0 Å². The van der Waals surface area contributed by atoms with Crippen molar-refractivity contribution in [3.8, 4) is 0 Å². The number of piperazine rings is 3. The topological polar surface area (TPSA) is 13.0 Å². The van der Waals surface area contributed by atoms with Crippen LogP contribution in [0.25, 0.3) is 0 Å². The van der Waals surface area contributed by atoms with E-state index in [4.69, 9.17) is 0 Å². The van der Waals surface area contributed by atoms with Gasteiger partial charge in [-0.15, -0.1) is 0 Å². The quantitative estimate of drug-likeness (QED) is 0.0563. The average molecular weight is 986 g/mol. The molecule has 3 rings (SSSR count). The molecule has 70 heavy (non-hydrogen) atoms. The lowest BCUT2D eigenvalue weighted by molar-refractivity contribution is -0.0647. The van der Waals surface area contributed by atoms with Crippen LogP contribution in [-0.2, 0) is 0 Å². The van der Waals surface area contributed by atoms with E-state index in [1.807, 2.05) is 0 Å². The highest BCUT2D eigenvalue weighted by atomic mass is 15.4. The molecule has 1 atom stereocenters. The van der Waals surface area contributed by atoms with Gasteiger partial charge in [-0.25, -0.2) is 0 Å².